The number of benzene rings is 1. The highest BCUT2D eigenvalue weighted by atomic mass is 19.1. The predicted molar refractivity (Wildman–Crippen MR) is 64.4 cm³/mol. The molecule has 0 saturated carbocycles. The first-order valence-electron chi connectivity index (χ1n) is 5.65. The first-order valence-corrected chi connectivity index (χ1v) is 5.65. The lowest BCUT2D eigenvalue weighted by Gasteiger charge is -2.04. The molecule has 3 rings (SSSR count). The van der Waals surface area contributed by atoms with Crippen molar-refractivity contribution in [1.82, 2.24) is 9.97 Å². The van der Waals surface area contributed by atoms with E-state index >= 15 is 0 Å². The highest BCUT2D eigenvalue weighted by Gasteiger charge is 2.26. The van der Waals surface area contributed by atoms with Crippen LogP contribution in [0.2, 0.25) is 0 Å². The number of rotatable bonds is 0. The highest BCUT2D eigenvalue weighted by Crippen LogP contribution is 2.37. The van der Waals surface area contributed by atoms with Crippen LogP contribution in [0.1, 0.15) is 28.2 Å². The van der Waals surface area contributed by atoms with Gasteiger partial charge in [-0.25, -0.2) is 14.4 Å². The molecule has 4 nitrogen and oxygen atoms in total. The molecule has 1 aliphatic rings. The second-order valence-corrected chi connectivity index (χ2v) is 4.32. The molecule has 90 valence electrons. The number of halogens is 1. The molecular weight excluding hydrogens is 243 g/mol. The number of aromatic nitrogens is 2. The van der Waals surface area contributed by atoms with Crippen molar-refractivity contribution >= 4 is 0 Å². The first kappa shape index (κ1) is 11.3. The second-order valence-electron chi connectivity index (χ2n) is 4.32. The van der Waals surface area contributed by atoms with Crippen molar-refractivity contribution in [2.75, 3.05) is 0 Å². The Kier molecular flexibility index (Phi) is 2.30. The Morgan fingerprint density at radius 2 is 1.84 bits per heavy atom. The van der Waals surface area contributed by atoms with Crippen molar-refractivity contribution in [1.29, 1.82) is 10.5 Å². The molecule has 0 atom stereocenters. The van der Waals surface area contributed by atoms with Gasteiger partial charge in [0.05, 0.1) is 11.4 Å². The smallest absolute Gasteiger partial charge is 0.177 e. The molecular formula is C14H7FN4. The maximum Gasteiger partial charge on any atom is 0.177 e. The van der Waals surface area contributed by atoms with Crippen LogP contribution in [0.4, 0.5) is 4.39 Å². The van der Waals surface area contributed by atoms with E-state index in [4.69, 9.17) is 10.5 Å². The van der Waals surface area contributed by atoms with Crippen LogP contribution in [0.3, 0.4) is 0 Å². The fraction of sp³-hybridized carbons (Fsp3) is 0.143. The van der Waals surface area contributed by atoms with E-state index < -0.39 is 0 Å². The van der Waals surface area contributed by atoms with Gasteiger partial charge >= 0.3 is 0 Å². The molecule has 0 saturated heterocycles. The number of nitriles is 2. The first-order chi connectivity index (χ1) is 9.15. The van der Waals surface area contributed by atoms with Gasteiger partial charge in [0.1, 0.15) is 18.0 Å². The normalized spacial score (nSPS) is 11.4. The van der Waals surface area contributed by atoms with Gasteiger partial charge in [-0.1, -0.05) is 0 Å². The van der Waals surface area contributed by atoms with Crippen molar-refractivity contribution in [2.24, 2.45) is 0 Å². The van der Waals surface area contributed by atoms with Gasteiger partial charge in [-0.2, -0.15) is 10.5 Å². The summed E-state index contributed by atoms with van der Waals surface area (Å²) in [6.45, 7) is 1.70. The summed E-state index contributed by atoms with van der Waals surface area (Å²) in [6.07, 6.45) is 0.446. The van der Waals surface area contributed by atoms with Gasteiger partial charge in [-0.05, 0) is 30.2 Å². The molecule has 2 aromatic rings. The third-order valence-electron chi connectivity index (χ3n) is 3.31. The topological polar surface area (TPSA) is 73.4 Å². The molecule has 0 spiro atoms. The van der Waals surface area contributed by atoms with Crippen LogP contribution in [0.5, 0.6) is 0 Å². The number of fused-ring (bicyclic) bond motifs is 3. The fourth-order valence-electron chi connectivity index (χ4n) is 2.31. The molecule has 19 heavy (non-hydrogen) atoms. The quantitative estimate of drug-likeness (QED) is 0.613. The van der Waals surface area contributed by atoms with Gasteiger partial charge < -0.3 is 0 Å². The standard InChI is InChI=1S/C14H7FN4/c1-7-9-4-11-14(8(9)2-3-10(7)15)19-13(6-17)12(5-16)18-11/h2-3H,4H2,1H3. The average molecular weight is 250 g/mol. The molecule has 5 heteroatoms. The minimum Gasteiger partial charge on any atom is -0.237 e. The Bertz CT molecular complexity index is 797. The maximum atomic E-state index is 13.5. The molecule has 0 unspecified atom stereocenters. The van der Waals surface area contributed by atoms with Crippen molar-refractivity contribution < 1.29 is 4.39 Å². The molecule has 1 aromatic heterocycles. The van der Waals surface area contributed by atoms with Gasteiger partial charge in [-0.3, -0.25) is 0 Å². The lowest BCUT2D eigenvalue weighted by Crippen LogP contribution is -1.99. The van der Waals surface area contributed by atoms with Gasteiger partial charge in [0.15, 0.2) is 11.4 Å². The summed E-state index contributed by atoms with van der Waals surface area (Å²) in [4.78, 5) is 8.35. The molecule has 0 amide bonds. The van der Waals surface area contributed by atoms with Crippen LogP contribution < -0.4 is 0 Å². The summed E-state index contributed by atoms with van der Waals surface area (Å²) in [5.74, 6) is -0.271. The van der Waals surface area contributed by atoms with E-state index in [1.165, 1.54) is 6.07 Å². The SMILES string of the molecule is Cc1c(F)ccc2c1Cc1nc(C#N)c(C#N)nc1-2. The third-order valence-corrected chi connectivity index (χ3v) is 3.31. The summed E-state index contributed by atoms with van der Waals surface area (Å²) in [5, 5.41) is 17.9. The molecule has 0 aliphatic heterocycles. The Morgan fingerprint density at radius 3 is 2.53 bits per heavy atom. The van der Waals surface area contributed by atoms with Crippen LogP contribution in [0.25, 0.3) is 11.3 Å². The highest BCUT2D eigenvalue weighted by molar-refractivity contribution is 5.74. The van der Waals surface area contributed by atoms with E-state index in [1.807, 2.05) is 12.1 Å². The minimum absolute atomic E-state index is 0.0103. The van der Waals surface area contributed by atoms with Crippen LogP contribution in [-0.2, 0) is 6.42 Å². The van der Waals surface area contributed by atoms with Crippen molar-refractivity contribution in [3.63, 3.8) is 0 Å². The molecule has 0 N–H and O–H groups in total. The fourth-order valence-corrected chi connectivity index (χ4v) is 2.31. The van der Waals surface area contributed by atoms with Gasteiger partial charge in [0, 0.05) is 12.0 Å². The van der Waals surface area contributed by atoms with E-state index in [-0.39, 0.29) is 17.2 Å². The summed E-state index contributed by atoms with van der Waals surface area (Å²) < 4.78 is 13.5. The zero-order valence-corrected chi connectivity index (χ0v) is 10.0. The van der Waals surface area contributed by atoms with Crippen LogP contribution in [0, 0.1) is 35.4 Å². The van der Waals surface area contributed by atoms with Gasteiger partial charge in [0.25, 0.3) is 0 Å². The summed E-state index contributed by atoms with van der Waals surface area (Å²) >= 11 is 0. The minimum atomic E-state index is -0.271. The largest absolute Gasteiger partial charge is 0.237 e. The Balaban J connectivity index is 2.30. The molecule has 1 heterocycles. The molecule has 0 bridgehead atoms. The summed E-state index contributed by atoms with van der Waals surface area (Å²) in [6, 6.07) is 6.75. The van der Waals surface area contributed by atoms with Crippen molar-refractivity contribution in [2.45, 2.75) is 13.3 Å². The van der Waals surface area contributed by atoms with Crippen LogP contribution in [-0.4, -0.2) is 9.97 Å². The zero-order chi connectivity index (χ0) is 13.6. The monoisotopic (exact) mass is 250 g/mol. The summed E-state index contributed by atoms with van der Waals surface area (Å²) in [7, 11) is 0. The maximum absolute atomic E-state index is 13.5. The number of nitrogens with zero attached hydrogens (tertiary/aromatic N) is 4. The predicted octanol–water partition coefficient (Wildman–Crippen LogP) is 2.24. The average Bonchev–Trinajstić information content (AvgIpc) is 2.79. The van der Waals surface area contributed by atoms with Gasteiger partial charge in [-0.15, -0.1) is 0 Å². The molecule has 1 aromatic carbocycles. The van der Waals surface area contributed by atoms with Gasteiger partial charge in [0.2, 0.25) is 0 Å². The van der Waals surface area contributed by atoms with E-state index in [0.29, 0.717) is 23.4 Å². The number of hydrogen-bond donors (Lipinski definition) is 0. The summed E-state index contributed by atoms with van der Waals surface area (Å²) in [5.41, 5.74) is 3.42. The van der Waals surface area contributed by atoms with Crippen LogP contribution in [0.15, 0.2) is 12.1 Å². The Morgan fingerprint density at radius 1 is 1.16 bits per heavy atom. The zero-order valence-electron chi connectivity index (χ0n) is 10.0. The Labute approximate surface area is 108 Å². The van der Waals surface area contributed by atoms with E-state index in [0.717, 1.165) is 11.1 Å². The van der Waals surface area contributed by atoms with E-state index in [1.54, 1.807) is 13.0 Å². The van der Waals surface area contributed by atoms with E-state index in [2.05, 4.69) is 9.97 Å². The van der Waals surface area contributed by atoms with Crippen molar-refractivity contribution in [3.8, 4) is 23.4 Å². The second kappa shape index (κ2) is 3.86. The molecule has 0 radical (unpaired) electrons. The van der Waals surface area contributed by atoms with E-state index in [9.17, 15) is 4.39 Å². The molecule has 1 aliphatic carbocycles. The van der Waals surface area contributed by atoms with Crippen LogP contribution >= 0.6 is 0 Å². The lowest BCUT2D eigenvalue weighted by molar-refractivity contribution is 0.616. The lowest BCUT2D eigenvalue weighted by atomic mass is 10.0. The molecule has 0 fully saturated rings. The number of hydrogen-bond acceptors (Lipinski definition) is 4. The van der Waals surface area contributed by atoms with Crippen molar-refractivity contribution in [3.05, 3.63) is 46.2 Å². The Hall–Kier alpha value is -2.79. The third kappa shape index (κ3) is 1.49.